The average molecular weight is 285 g/mol. The monoisotopic (exact) mass is 284 g/mol. The van der Waals surface area contributed by atoms with Crippen LogP contribution in [0.4, 0.5) is 0 Å². The molecule has 19 heavy (non-hydrogen) atoms. The van der Waals surface area contributed by atoms with Crippen molar-refractivity contribution < 1.29 is 9.53 Å². The Hall–Kier alpha value is -1.26. The molecule has 0 saturated heterocycles. The molecule has 0 bridgehead atoms. The number of amides is 1. The highest BCUT2D eigenvalue weighted by molar-refractivity contribution is 6.30. The average Bonchev–Trinajstić information content (AvgIpc) is 2.35. The Balaban J connectivity index is 2.54. The van der Waals surface area contributed by atoms with E-state index in [9.17, 15) is 4.79 Å². The predicted octanol–water partition coefficient (Wildman–Crippen LogP) is 2.21. The summed E-state index contributed by atoms with van der Waals surface area (Å²) in [5.41, 5.74) is 0.937. The summed E-state index contributed by atoms with van der Waals surface area (Å²) in [6.45, 7) is 5.41. The zero-order valence-corrected chi connectivity index (χ0v) is 12.4. The van der Waals surface area contributed by atoms with Gasteiger partial charge in [0.2, 0.25) is 0 Å². The smallest absolute Gasteiger partial charge is 0.257 e. The van der Waals surface area contributed by atoms with Gasteiger partial charge in [0.25, 0.3) is 5.91 Å². The summed E-state index contributed by atoms with van der Waals surface area (Å²) in [5, 5.41) is 6.50. The normalized spacial score (nSPS) is 10.6. The lowest BCUT2D eigenvalue weighted by Crippen LogP contribution is -2.31. The molecule has 106 valence electrons. The number of carbonyl (C=O) groups is 1. The van der Waals surface area contributed by atoms with E-state index < -0.39 is 0 Å². The summed E-state index contributed by atoms with van der Waals surface area (Å²) >= 11 is 5.94. The Kier molecular flexibility index (Phi) is 6.67. The molecule has 0 heterocycles. The predicted molar refractivity (Wildman–Crippen MR) is 77.6 cm³/mol. The highest BCUT2D eigenvalue weighted by Gasteiger charge is 2.07. The van der Waals surface area contributed by atoms with Crippen molar-refractivity contribution in [1.82, 2.24) is 10.6 Å². The third-order valence-corrected chi connectivity index (χ3v) is 2.69. The molecule has 0 saturated carbocycles. The van der Waals surface area contributed by atoms with Crippen LogP contribution in [0.25, 0.3) is 0 Å². The van der Waals surface area contributed by atoms with Gasteiger partial charge in [-0.05, 0) is 31.2 Å². The highest BCUT2D eigenvalue weighted by atomic mass is 35.5. The number of halogens is 1. The topological polar surface area (TPSA) is 50.4 Å². The van der Waals surface area contributed by atoms with E-state index in [0.717, 1.165) is 5.56 Å². The van der Waals surface area contributed by atoms with Gasteiger partial charge >= 0.3 is 0 Å². The summed E-state index contributed by atoms with van der Waals surface area (Å²) in [7, 11) is 1.85. The third kappa shape index (κ3) is 5.94. The van der Waals surface area contributed by atoms with Crippen molar-refractivity contribution in [2.45, 2.75) is 20.4 Å². The number of ether oxygens (including phenoxy) is 1. The van der Waals surface area contributed by atoms with Crippen LogP contribution in [0.15, 0.2) is 18.2 Å². The maximum absolute atomic E-state index is 11.6. The number of hydrogen-bond donors (Lipinski definition) is 2. The van der Waals surface area contributed by atoms with Crippen molar-refractivity contribution in [3.63, 3.8) is 0 Å². The molecule has 0 aliphatic heterocycles. The first kappa shape index (κ1) is 15.8. The van der Waals surface area contributed by atoms with E-state index in [1.54, 1.807) is 12.1 Å². The van der Waals surface area contributed by atoms with Crippen molar-refractivity contribution in [1.29, 1.82) is 0 Å². The van der Waals surface area contributed by atoms with Crippen LogP contribution in [0.1, 0.15) is 19.4 Å². The van der Waals surface area contributed by atoms with Crippen molar-refractivity contribution in [3.8, 4) is 5.75 Å². The molecule has 1 rings (SSSR count). The molecule has 0 radical (unpaired) electrons. The first-order chi connectivity index (χ1) is 9.02. The van der Waals surface area contributed by atoms with Gasteiger partial charge in [-0.15, -0.1) is 0 Å². The Morgan fingerprint density at radius 2 is 2.16 bits per heavy atom. The maximum atomic E-state index is 11.6. The molecule has 1 amide bonds. The van der Waals surface area contributed by atoms with E-state index in [1.165, 1.54) is 0 Å². The van der Waals surface area contributed by atoms with Crippen LogP contribution < -0.4 is 15.4 Å². The SMILES string of the molecule is CNCc1cc(Cl)ccc1OCC(=O)NCC(C)C. The van der Waals surface area contributed by atoms with Gasteiger partial charge in [0.1, 0.15) is 5.75 Å². The van der Waals surface area contributed by atoms with Crippen LogP contribution in [-0.2, 0) is 11.3 Å². The van der Waals surface area contributed by atoms with E-state index >= 15 is 0 Å². The minimum atomic E-state index is -0.112. The van der Waals surface area contributed by atoms with Gasteiger partial charge in [0.15, 0.2) is 6.61 Å². The van der Waals surface area contributed by atoms with Crippen molar-refractivity contribution in [3.05, 3.63) is 28.8 Å². The van der Waals surface area contributed by atoms with Crippen LogP contribution in [-0.4, -0.2) is 26.1 Å². The molecule has 5 heteroatoms. The minimum Gasteiger partial charge on any atom is -0.483 e. The fraction of sp³-hybridized carbons (Fsp3) is 0.500. The zero-order valence-electron chi connectivity index (χ0n) is 11.6. The number of hydrogen-bond acceptors (Lipinski definition) is 3. The molecule has 0 aliphatic carbocycles. The molecule has 0 aromatic heterocycles. The second kappa shape index (κ2) is 8.02. The Labute approximate surface area is 119 Å². The minimum absolute atomic E-state index is 0.0189. The lowest BCUT2D eigenvalue weighted by molar-refractivity contribution is -0.123. The quantitative estimate of drug-likeness (QED) is 0.807. The first-order valence-electron chi connectivity index (χ1n) is 6.35. The second-order valence-electron chi connectivity index (χ2n) is 4.77. The molecule has 0 atom stereocenters. The van der Waals surface area contributed by atoms with Crippen LogP contribution in [0, 0.1) is 5.92 Å². The number of rotatable bonds is 7. The van der Waals surface area contributed by atoms with Crippen molar-refractivity contribution >= 4 is 17.5 Å². The fourth-order valence-corrected chi connectivity index (χ4v) is 1.72. The lowest BCUT2D eigenvalue weighted by atomic mass is 10.2. The van der Waals surface area contributed by atoms with E-state index in [4.69, 9.17) is 16.3 Å². The van der Waals surface area contributed by atoms with Gasteiger partial charge < -0.3 is 15.4 Å². The van der Waals surface area contributed by atoms with Gasteiger partial charge in [-0.1, -0.05) is 25.4 Å². The van der Waals surface area contributed by atoms with Crippen LogP contribution in [0.5, 0.6) is 5.75 Å². The summed E-state index contributed by atoms with van der Waals surface area (Å²) in [5.74, 6) is 0.997. The molecular formula is C14H21ClN2O2. The van der Waals surface area contributed by atoms with Crippen LogP contribution in [0.2, 0.25) is 5.02 Å². The van der Waals surface area contributed by atoms with E-state index in [2.05, 4.69) is 10.6 Å². The van der Waals surface area contributed by atoms with Gasteiger partial charge in [0.05, 0.1) is 0 Å². The molecule has 0 spiro atoms. The molecule has 1 aromatic rings. The van der Waals surface area contributed by atoms with E-state index in [0.29, 0.717) is 29.8 Å². The van der Waals surface area contributed by atoms with Gasteiger partial charge in [-0.3, -0.25) is 4.79 Å². The van der Waals surface area contributed by atoms with Crippen LogP contribution >= 0.6 is 11.6 Å². The Bertz CT molecular complexity index is 422. The van der Waals surface area contributed by atoms with Crippen molar-refractivity contribution in [2.24, 2.45) is 5.92 Å². The summed E-state index contributed by atoms with van der Waals surface area (Å²) in [4.78, 5) is 11.6. The Morgan fingerprint density at radius 1 is 1.42 bits per heavy atom. The van der Waals surface area contributed by atoms with Gasteiger partial charge in [-0.25, -0.2) is 0 Å². The highest BCUT2D eigenvalue weighted by Crippen LogP contribution is 2.22. The molecule has 2 N–H and O–H groups in total. The Morgan fingerprint density at radius 3 is 2.79 bits per heavy atom. The second-order valence-corrected chi connectivity index (χ2v) is 5.21. The van der Waals surface area contributed by atoms with Crippen LogP contribution in [0.3, 0.4) is 0 Å². The van der Waals surface area contributed by atoms with Gasteiger partial charge in [-0.2, -0.15) is 0 Å². The number of carbonyl (C=O) groups excluding carboxylic acids is 1. The third-order valence-electron chi connectivity index (χ3n) is 2.46. The van der Waals surface area contributed by atoms with E-state index in [-0.39, 0.29) is 12.5 Å². The maximum Gasteiger partial charge on any atom is 0.257 e. The van der Waals surface area contributed by atoms with Gasteiger partial charge in [0, 0.05) is 23.7 Å². The molecule has 0 fully saturated rings. The lowest BCUT2D eigenvalue weighted by Gasteiger charge is -2.12. The summed E-state index contributed by atoms with van der Waals surface area (Å²) < 4.78 is 5.53. The summed E-state index contributed by atoms with van der Waals surface area (Å²) in [6.07, 6.45) is 0. The van der Waals surface area contributed by atoms with E-state index in [1.807, 2.05) is 27.0 Å². The molecular weight excluding hydrogens is 264 g/mol. The largest absolute Gasteiger partial charge is 0.483 e. The summed E-state index contributed by atoms with van der Waals surface area (Å²) in [6, 6.07) is 5.37. The van der Waals surface area contributed by atoms with Crippen molar-refractivity contribution in [2.75, 3.05) is 20.2 Å². The standard InChI is InChI=1S/C14H21ClN2O2/c1-10(2)7-17-14(18)9-19-13-5-4-12(15)6-11(13)8-16-3/h4-6,10,16H,7-9H2,1-3H3,(H,17,18). The zero-order chi connectivity index (χ0) is 14.3. The fourth-order valence-electron chi connectivity index (χ4n) is 1.53. The molecule has 4 nitrogen and oxygen atoms in total. The number of nitrogens with one attached hydrogen (secondary N) is 2. The first-order valence-corrected chi connectivity index (χ1v) is 6.73. The molecule has 0 aliphatic rings. The molecule has 0 unspecified atom stereocenters. The molecule has 1 aromatic carbocycles. The number of benzene rings is 1.